The molecule has 1 aromatic heterocycles. The number of aromatic nitrogens is 1. The SMILES string of the molecule is Cc1cc(C)nc(-c2ccc(C(=O)N(C)CCC(O)c3ccccc3)cc2)c1. The highest BCUT2D eigenvalue weighted by molar-refractivity contribution is 5.94. The van der Waals surface area contributed by atoms with Crippen molar-refractivity contribution in [1.82, 2.24) is 9.88 Å². The summed E-state index contributed by atoms with van der Waals surface area (Å²) in [6.07, 6.45) is -0.0777. The molecule has 1 N–H and O–H groups in total. The molecule has 0 bridgehead atoms. The van der Waals surface area contributed by atoms with Crippen LogP contribution in [0.2, 0.25) is 0 Å². The van der Waals surface area contributed by atoms with Gasteiger partial charge in [-0.25, -0.2) is 0 Å². The lowest BCUT2D eigenvalue weighted by molar-refractivity contribution is 0.0761. The van der Waals surface area contributed by atoms with E-state index < -0.39 is 6.10 Å². The van der Waals surface area contributed by atoms with Crippen LogP contribution in [0.5, 0.6) is 0 Å². The van der Waals surface area contributed by atoms with Crippen LogP contribution in [-0.2, 0) is 0 Å². The summed E-state index contributed by atoms with van der Waals surface area (Å²) in [6.45, 7) is 4.51. The molecule has 0 saturated carbocycles. The molecule has 4 nitrogen and oxygen atoms in total. The highest BCUT2D eigenvalue weighted by Gasteiger charge is 2.14. The van der Waals surface area contributed by atoms with Crippen molar-refractivity contribution in [2.24, 2.45) is 0 Å². The number of aliphatic hydroxyl groups excluding tert-OH is 1. The molecule has 1 unspecified atom stereocenters. The van der Waals surface area contributed by atoms with E-state index in [1.807, 2.05) is 73.7 Å². The molecule has 0 radical (unpaired) electrons. The van der Waals surface area contributed by atoms with Gasteiger partial charge in [0.1, 0.15) is 0 Å². The zero-order valence-electron chi connectivity index (χ0n) is 16.6. The third-order valence-electron chi connectivity index (χ3n) is 4.79. The van der Waals surface area contributed by atoms with Crippen molar-refractivity contribution >= 4 is 5.91 Å². The monoisotopic (exact) mass is 374 g/mol. The van der Waals surface area contributed by atoms with Crippen molar-refractivity contribution in [1.29, 1.82) is 0 Å². The molecule has 4 heteroatoms. The maximum atomic E-state index is 12.7. The Balaban J connectivity index is 1.63. The fourth-order valence-electron chi connectivity index (χ4n) is 3.25. The van der Waals surface area contributed by atoms with E-state index in [4.69, 9.17) is 0 Å². The minimum Gasteiger partial charge on any atom is -0.388 e. The molecule has 0 spiro atoms. The number of hydrogen-bond acceptors (Lipinski definition) is 3. The number of nitrogens with zero attached hydrogens (tertiary/aromatic N) is 2. The fraction of sp³-hybridized carbons (Fsp3) is 0.250. The van der Waals surface area contributed by atoms with Crippen LogP contribution in [0.1, 0.15) is 39.7 Å². The standard InChI is InChI=1S/C24H26N2O2/c1-17-15-18(2)25-22(16-17)19-9-11-21(12-10-19)24(28)26(3)14-13-23(27)20-7-5-4-6-8-20/h4-12,15-16,23,27H,13-14H2,1-3H3. The molecule has 3 aromatic rings. The van der Waals surface area contributed by atoms with Gasteiger partial charge in [-0.2, -0.15) is 0 Å². The second-order valence-corrected chi connectivity index (χ2v) is 7.19. The third kappa shape index (κ3) is 4.84. The van der Waals surface area contributed by atoms with Gasteiger partial charge in [0.05, 0.1) is 11.8 Å². The largest absolute Gasteiger partial charge is 0.388 e. The fourth-order valence-corrected chi connectivity index (χ4v) is 3.25. The first-order chi connectivity index (χ1) is 13.4. The van der Waals surface area contributed by atoms with Crippen molar-refractivity contribution in [3.63, 3.8) is 0 Å². The Labute approximate surface area is 166 Å². The van der Waals surface area contributed by atoms with Gasteiger partial charge in [0.15, 0.2) is 0 Å². The number of carbonyl (C=O) groups is 1. The smallest absolute Gasteiger partial charge is 0.253 e. The van der Waals surface area contributed by atoms with E-state index in [0.717, 1.165) is 22.5 Å². The molecule has 0 fully saturated rings. The number of rotatable bonds is 6. The molecule has 28 heavy (non-hydrogen) atoms. The minimum atomic E-state index is -0.575. The van der Waals surface area contributed by atoms with Crippen LogP contribution in [0.25, 0.3) is 11.3 Å². The molecule has 1 heterocycles. The van der Waals surface area contributed by atoms with Gasteiger partial charge < -0.3 is 10.0 Å². The van der Waals surface area contributed by atoms with Gasteiger partial charge in [0.2, 0.25) is 0 Å². The van der Waals surface area contributed by atoms with E-state index in [2.05, 4.69) is 11.9 Å². The number of benzene rings is 2. The molecule has 3 rings (SSSR count). The number of carbonyl (C=O) groups excluding carboxylic acids is 1. The summed E-state index contributed by atoms with van der Waals surface area (Å²) in [5, 5.41) is 10.3. The summed E-state index contributed by atoms with van der Waals surface area (Å²) in [5.74, 6) is -0.0554. The Morgan fingerprint density at radius 1 is 1.04 bits per heavy atom. The average molecular weight is 374 g/mol. The van der Waals surface area contributed by atoms with Gasteiger partial charge in [-0.05, 0) is 55.7 Å². The summed E-state index contributed by atoms with van der Waals surface area (Å²) in [6, 6.07) is 21.1. The predicted molar refractivity (Wildman–Crippen MR) is 112 cm³/mol. The minimum absolute atomic E-state index is 0.0554. The number of amides is 1. The molecule has 144 valence electrons. The number of aryl methyl sites for hydroxylation is 2. The van der Waals surface area contributed by atoms with Crippen LogP contribution in [-0.4, -0.2) is 34.5 Å². The topological polar surface area (TPSA) is 53.4 Å². The van der Waals surface area contributed by atoms with E-state index >= 15 is 0 Å². The van der Waals surface area contributed by atoms with Crippen molar-refractivity contribution in [2.75, 3.05) is 13.6 Å². The quantitative estimate of drug-likeness (QED) is 0.688. The van der Waals surface area contributed by atoms with Crippen LogP contribution >= 0.6 is 0 Å². The molecule has 1 atom stereocenters. The van der Waals surface area contributed by atoms with Crippen LogP contribution in [0.3, 0.4) is 0 Å². The van der Waals surface area contributed by atoms with E-state index in [0.29, 0.717) is 18.5 Å². The molecule has 0 aliphatic carbocycles. The normalized spacial score (nSPS) is 11.9. The van der Waals surface area contributed by atoms with Gasteiger partial charge >= 0.3 is 0 Å². The Kier molecular flexibility index (Phi) is 6.22. The lowest BCUT2D eigenvalue weighted by Gasteiger charge is -2.19. The molecule has 2 aromatic carbocycles. The number of pyridine rings is 1. The summed E-state index contributed by atoms with van der Waals surface area (Å²) >= 11 is 0. The van der Waals surface area contributed by atoms with Gasteiger partial charge in [-0.15, -0.1) is 0 Å². The predicted octanol–water partition coefficient (Wildman–Crippen LogP) is 4.56. The van der Waals surface area contributed by atoms with Crippen molar-refractivity contribution in [2.45, 2.75) is 26.4 Å². The van der Waals surface area contributed by atoms with Crippen molar-refractivity contribution in [3.8, 4) is 11.3 Å². The average Bonchev–Trinajstić information content (AvgIpc) is 2.71. The first-order valence-electron chi connectivity index (χ1n) is 9.48. The van der Waals surface area contributed by atoms with Crippen LogP contribution < -0.4 is 0 Å². The summed E-state index contributed by atoms with van der Waals surface area (Å²) in [4.78, 5) is 18.9. The maximum Gasteiger partial charge on any atom is 0.253 e. The molecule has 1 amide bonds. The number of aliphatic hydroxyl groups is 1. The van der Waals surface area contributed by atoms with Crippen molar-refractivity contribution < 1.29 is 9.90 Å². The van der Waals surface area contributed by atoms with E-state index in [1.165, 1.54) is 5.56 Å². The highest BCUT2D eigenvalue weighted by atomic mass is 16.3. The Morgan fingerprint density at radius 2 is 1.71 bits per heavy atom. The zero-order valence-corrected chi connectivity index (χ0v) is 16.6. The highest BCUT2D eigenvalue weighted by Crippen LogP contribution is 2.21. The lowest BCUT2D eigenvalue weighted by atomic mass is 10.0. The molecule has 0 aliphatic rings. The van der Waals surface area contributed by atoms with Gasteiger partial charge in [-0.3, -0.25) is 9.78 Å². The second-order valence-electron chi connectivity index (χ2n) is 7.19. The molecular weight excluding hydrogens is 348 g/mol. The van der Waals surface area contributed by atoms with Gasteiger partial charge in [0, 0.05) is 30.4 Å². The van der Waals surface area contributed by atoms with Crippen LogP contribution in [0, 0.1) is 13.8 Å². The lowest BCUT2D eigenvalue weighted by Crippen LogP contribution is -2.28. The Morgan fingerprint density at radius 3 is 2.36 bits per heavy atom. The summed E-state index contributed by atoms with van der Waals surface area (Å²) in [5.41, 5.74) is 5.55. The van der Waals surface area contributed by atoms with Crippen molar-refractivity contribution in [3.05, 3.63) is 89.1 Å². The Hall–Kier alpha value is -2.98. The first kappa shape index (κ1) is 19.8. The molecule has 0 saturated heterocycles. The van der Waals surface area contributed by atoms with E-state index in [9.17, 15) is 9.90 Å². The Bertz CT molecular complexity index is 916. The second kappa shape index (κ2) is 8.81. The molecule has 0 aliphatic heterocycles. The summed E-state index contributed by atoms with van der Waals surface area (Å²) in [7, 11) is 1.76. The van der Waals surface area contributed by atoms with Crippen LogP contribution in [0.15, 0.2) is 66.7 Å². The maximum absolute atomic E-state index is 12.7. The first-order valence-corrected chi connectivity index (χ1v) is 9.48. The summed E-state index contributed by atoms with van der Waals surface area (Å²) < 4.78 is 0. The molecular formula is C24H26N2O2. The van der Waals surface area contributed by atoms with Gasteiger partial charge in [0.25, 0.3) is 5.91 Å². The van der Waals surface area contributed by atoms with Crippen LogP contribution in [0.4, 0.5) is 0 Å². The van der Waals surface area contributed by atoms with E-state index in [1.54, 1.807) is 11.9 Å². The third-order valence-corrected chi connectivity index (χ3v) is 4.79. The van der Waals surface area contributed by atoms with Gasteiger partial charge in [-0.1, -0.05) is 42.5 Å². The van der Waals surface area contributed by atoms with E-state index in [-0.39, 0.29) is 5.91 Å². The zero-order chi connectivity index (χ0) is 20.1. The number of hydrogen-bond donors (Lipinski definition) is 1.